The number of hydrogen-bond acceptors (Lipinski definition) is 3. The van der Waals surface area contributed by atoms with Crippen LogP contribution >= 0.6 is 0 Å². The third-order valence-electron chi connectivity index (χ3n) is 4.20. The molecule has 0 spiro atoms. The molecule has 1 unspecified atom stereocenters. The summed E-state index contributed by atoms with van der Waals surface area (Å²) in [7, 11) is 0. The maximum absolute atomic E-state index is 12.4. The van der Waals surface area contributed by atoms with Crippen LogP contribution in [0.2, 0.25) is 0 Å². The number of rotatable bonds is 7. The number of amides is 2. The molecule has 0 N–H and O–H groups in total. The summed E-state index contributed by atoms with van der Waals surface area (Å²) in [6.45, 7) is 7.73. The van der Waals surface area contributed by atoms with Crippen LogP contribution in [-0.2, 0) is 9.59 Å². The molecule has 1 heterocycles. The zero-order valence-electron chi connectivity index (χ0n) is 12.9. The van der Waals surface area contributed by atoms with Crippen molar-refractivity contribution in [2.75, 3.05) is 26.2 Å². The summed E-state index contributed by atoms with van der Waals surface area (Å²) < 4.78 is 0. The van der Waals surface area contributed by atoms with E-state index in [1.165, 1.54) is 4.90 Å². The number of likely N-dealkylation sites (tertiary alicyclic amines) is 1. The molecule has 114 valence electrons. The molecule has 0 bridgehead atoms. The number of benzene rings is 1. The first-order valence-corrected chi connectivity index (χ1v) is 7.78. The van der Waals surface area contributed by atoms with E-state index < -0.39 is 0 Å². The van der Waals surface area contributed by atoms with E-state index in [9.17, 15) is 9.59 Å². The second-order valence-corrected chi connectivity index (χ2v) is 5.43. The summed E-state index contributed by atoms with van der Waals surface area (Å²) in [6.07, 6.45) is 1.16. The Labute approximate surface area is 126 Å². The molecule has 21 heavy (non-hydrogen) atoms. The average molecular weight is 288 g/mol. The van der Waals surface area contributed by atoms with Crippen LogP contribution in [0.4, 0.5) is 0 Å². The highest BCUT2D eigenvalue weighted by Gasteiger charge is 2.38. The smallest absolute Gasteiger partial charge is 0.237 e. The Morgan fingerprint density at radius 2 is 1.81 bits per heavy atom. The molecule has 2 rings (SSSR count). The van der Waals surface area contributed by atoms with Crippen molar-refractivity contribution < 1.29 is 9.59 Å². The Morgan fingerprint density at radius 1 is 1.14 bits per heavy atom. The van der Waals surface area contributed by atoms with Gasteiger partial charge in [-0.3, -0.25) is 14.5 Å². The predicted molar refractivity (Wildman–Crippen MR) is 82.9 cm³/mol. The highest BCUT2D eigenvalue weighted by Crippen LogP contribution is 2.29. The quantitative estimate of drug-likeness (QED) is 0.723. The van der Waals surface area contributed by atoms with Crippen LogP contribution in [0.3, 0.4) is 0 Å². The number of imide groups is 1. The normalized spacial score (nSPS) is 18.8. The van der Waals surface area contributed by atoms with Crippen LogP contribution in [0.25, 0.3) is 0 Å². The first-order chi connectivity index (χ1) is 10.2. The van der Waals surface area contributed by atoms with Gasteiger partial charge in [0.15, 0.2) is 0 Å². The van der Waals surface area contributed by atoms with Crippen molar-refractivity contribution in [3.05, 3.63) is 35.9 Å². The Balaban J connectivity index is 1.93. The minimum absolute atomic E-state index is 0.0339. The zero-order chi connectivity index (χ0) is 15.2. The van der Waals surface area contributed by atoms with Crippen LogP contribution in [0.15, 0.2) is 30.3 Å². The van der Waals surface area contributed by atoms with Crippen molar-refractivity contribution in [1.82, 2.24) is 9.80 Å². The highest BCUT2D eigenvalue weighted by molar-refractivity contribution is 6.06. The highest BCUT2D eigenvalue weighted by atomic mass is 16.2. The summed E-state index contributed by atoms with van der Waals surface area (Å²) in [5.74, 6) is -0.355. The third-order valence-corrected chi connectivity index (χ3v) is 4.20. The van der Waals surface area contributed by atoms with Gasteiger partial charge in [-0.05, 0) is 31.6 Å². The van der Waals surface area contributed by atoms with Gasteiger partial charge >= 0.3 is 0 Å². The standard InChI is InChI=1S/C17H24N2O2/c1-3-18(4-2)11-8-12-19-16(20)13-15(17(19)21)14-9-6-5-7-10-14/h5-7,9-10,15H,3-4,8,11-13H2,1-2H3. The van der Waals surface area contributed by atoms with Gasteiger partial charge in [0.1, 0.15) is 0 Å². The van der Waals surface area contributed by atoms with E-state index >= 15 is 0 Å². The Kier molecular flexibility index (Phi) is 5.51. The molecule has 0 saturated carbocycles. The second kappa shape index (κ2) is 7.36. The van der Waals surface area contributed by atoms with Crippen molar-refractivity contribution in [1.29, 1.82) is 0 Å². The van der Waals surface area contributed by atoms with Crippen molar-refractivity contribution in [3.8, 4) is 0 Å². The maximum atomic E-state index is 12.4. The second-order valence-electron chi connectivity index (χ2n) is 5.43. The minimum atomic E-state index is -0.285. The lowest BCUT2D eigenvalue weighted by molar-refractivity contribution is -0.138. The van der Waals surface area contributed by atoms with E-state index in [0.29, 0.717) is 13.0 Å². The van der Waals surface area contributed by atoms with Crippen molar-refractivity contribution in [2.45, 2.75) is 32.6 Å². The summed E-state index contributed by atoms with van der Waals surface area (Å²) >= 11 is 0. The molecule has 1 aliphatic rings. The largest absolute Gasteiger partial charge is 0.304 e. The summed E-state index contributed by atoms with van der Waals surface area (Å²) in [4.78, 5) is 28.2. The molecule has 1 atom stereocenters. The van der Waals surface area contributed by atoms with Gasteiger partial charge in [0, 0.05) is 13.0 Å². The topological polar surface area (TPSA) is 40.6 Å². The molecule has 1 aliphatic heterocycles. The fourth-order valence-corrected chi connectivity index (χ4v) is 2.86. The van der Waals surface area contributed by atoms with Crippen molar-refractivity contribution >= 4 is 11.8 Å². The lowest BCUT2D eigenvalue weighted by Crippen LogP contribution is -2.34. The van der Waals surface area contributed by atoms with E-state index in [4.69, 9.17) is 0 Å². The molecular weight excluding hydrogens is 264 g/mol. The van der Waals surface area contributed by atoms with Gasteiger partial charge in [0.2, 0.25) is 11.8 Å². The number of carbonyl (C=O) groups is 2. The van der Waals surface area contributed by atoms with E-state index in [0.717, 1.165) is 31.6 Å². The molecule has 1 aromatic carbocycles. The van der Waals surface area contributed by atoms with Crippen LogP contribution < -0.4 is 0 Å². The van der Waals surface area contributed by atoms with Gasteiger partial charge in [0.05, 0.1) is 5.92 Å². The van der Waals surface area contributed by atoms with Crippen LogP contribution in [0.1, 0.15) is 38.2 Å². The lowest BCUT2D eigenvalue weighted by Gasteiger charge is -2.20. The molecule has 4 nitrogen and oxygen atoms in total. The zero-order valence-corrected chi connectivity index (χ0v) is 12.9. The van der Waals surface area contributed by atoms with Crippen LogP contribution in [0.5, 0.6) is 0 Å². The summed E-state index contributed by atoms with van der Waals surface area (Å²) in [5.41, 5.74) is 0.946. The first-order valence-electron chi connectivity index (χ1n) is 7.78. The van der Waals surface area contributed by atoms with Gasteiger partial charge in [-0.1, -0.05) is 44.2 Å². The average Bonchev–Trinajstić information content (AvgIpc) is 2.80. The monoisotopic (exact) mass is 288 g/mol. The maximum Gasteiger partial charge on any atom is 0.237 e. The van der Waals surface area contributed by atoms with Crippen LogP contribution in [0, 0.1) is 0 Å². The minimum Gasteiger partial charge on any atom is -0.304 e. The molecule has 1 aromatic rings. The van der Waals surface area contributed by atoms with E-state index in [-0.39, 0.29) is 17.7 Å². The number of hydrogen-bond donors (Lipinski definition) is 0. The van der Waals surface area contributed by atoms with E-state index in [1.54, 1.807) is 0 Å². The Bertz CT molecular complexity index is 483. The van der Waals surface area contributed by atoms with Gasteiger partial charge in [-0.15, -0.1) is 0 Å². The van der Waals surface area contributed by atoms with Gasteiger partial charge < -0.3 is 4.90 Å². The Morgan fingerprint density at radius 3 is 2.43 bits per heavy atom. The summed E-state index contributed by atoms with van der Waals surface area (Å²) in [6, 6.07) is 9.60. The number of carbonyl (C=O) groups excluding carboxylic acids is 2. The molecule has 1 fully saturated rings. The summed E-state index contributed by atoms with van der Waals surface area (Å²) in [5, 5.41) is 0. The molecule has 0 radical (unpaired) electrons. The van der Waals surface area contributed by atoms with E-state index in [1.807, 2.05) is 30.3 Å². The van der Waals surface area contributed by atoms with Gasteiger partial charge in [0.25, 0.3) is 0 Å². The van der Waals surface area contributed by atoms with Gasteiger partial charge in [-0.25, -0.2) is 0 Å². The molecule has 1 saturated heterocycles. The molecular formula is C17H24N2O2. The molecule has 2 amide bonds. The number of nitrogens with zero attached hydrogens (tertiary/aromatic N) is 2. The predicted octanol–water partition coefficient (Wildman–Crippen LogP) is 2.26. The van der Waals surface area contributed by atoms with Crippen molar-refractivity contribution in [3.63, 3.8) is 0 Å². The van der Waals surface area contributed by atoms with E-state index in [2.05, 4.69) is 18.7 Å². The third kappa shape index (κ3) is 3.70. The molecule has 4 heteroatoms. The fraction of sp³-hybridized carbons (Fsp3) is 0.529. The van der Waals surface area contributed by atoms with Gasteiger partial charge in [-0.2, -0.15) is 0 Å². The molecule has 0 aliphatic carbocycles. The Hall–Kier alpha value is -1.68. The van der Waals surface area contributed by atoms with Crippen LogP contribution in [-0.4, -0.2) is 47.8 Å². The first kappa shape index (κ1) is 15.7. The molecule has 0 aromatic heterocycles. The fourth-order valence-electron chi connectivity index (χ4n) is 2.86. The SMILES string of the molecule is CCN(CC)CCCN1C(=O)CC(c2ccccc2)C1=O. The van der Waals surface area contributed by atoms with Crippen molar-refractivity contribution in [2.24, 2.45) is 0 Å². The lowest BCUT2D eigenvalue weighted by atomic mass is 9.98.